The molecule has 0 radical (unpaired) electrons. The Hall–Kier alpha value is -3.08. The minimum atomic E-state index is -5.81. The zero-order valence-corrected chi connectivity index (χ0v) is 39.7. The Morgan fingerprint density at radius 3 is 1.06 bits per heavy atom. The highest BCUT2D eigenvalue weighted by molar-refractivity contribution is 7.73. The van der Waals surface area contributed by atoms with Crippen molar-refractivity contribution in [2.24, 2.45) is 56.9 Å². The lowest BCUT2D eigenvalue weighted by Crippen LogP contribution is -2.41. The Kier molecular flexibility index (Phi) is 23.6. The topological polar surface area (TPSA) is 364 Å². The van der Waals surface area contributed by atoms with Crippen LogP contribution >= 0.6 is 15.2 Å². The highest BCUT2D eigenvalue weighted by Gasteiger charge is 2.64. The van der Waals surface area contributed by atoms with E-state index in [4.69, 9.17) is 64.9 Å². The lowest BCUT2D eigenvalue weighted by molar-refractivity contribution is -0.170. The third-order valence-corrected chi connectivity index (χ3v) is 14.3. The van der Waals surface area contributed by atoms with Crippen molar-refractivity contribution in [1.29, 1.82) is 0 Å². The molecular weight excluding hydrogens is 866 g/mol. The average Bonchev–Trinajstić information content (AvgIpc) is 3.18. The first kappa shape index (κ1) is 58.9. The van der Waals surface area contributed by atoms with E-state index in [-0.39, 0.29) is 30.7 Å². The van der Waals surface area contributed by atoms with E-state index in [1.807, 2.05) is 0 Å². The van der Waals surface area contributed by atoms with E-state index in [1.54, 1.807) is 41.5 Å². The minimum absolute atomic E-state index is 0.277. The molecule has 0 aliphatic carbocycles. The van der Waals surface area contributed by atoms with Crippen molar-refractivity contribution in [3.63, 3.8) is 0 Å². The molecule has 0 spiro atoms. The number of hydrogen-bond acceptors (Lipinski definition) is 22. The summed E-state index contributed by atoms with van der Waals surface area (Å²) in [6.45, 7) is 12.0. The van der Waals surface area contributed by atoms with Crippen LogP contribution < -0.4 is 22.9 Å². The number of nitrogens with two attached hydrogens (primary N) is 4. The largest absolute Gasteiger partial charge is 0.463 e. The van der Waals surface area contributed by atoms with Gasteiger partial charge in [0.25, 0.3) is 5.08 Å². The Morgan fingerprint density at radius 2 is 0.806 bits per heavy atom. The second-order valence-electron chi connectivity index (χ2n) is 17.5. The van der Waals surface area contributed by atoms with Crippen molar-refractivity contribution in [3.05, 3.63) is 0 Å². The van der Waals surface area contributed by atoms with Gasteiger partial charge in [-0.05, 0) is 72.3 Å². The Labute approximate surface area is 363 Å². The van der Waals surface area contributed by atoms with Gasteiger partial charge in [-0.3, -0.25) is 51.5 Å². The van der Waals surface area contributed by atoms with Crippen molar-refractivity contribution in [3.8, 4) is 0 Å². The first-order valence-electron chi connectivity index (χ1n) is 19.7. The van der Waals surface area contributed by atoms with E-state index in [2.05, 4.69) is 0 Å². The smallest absolute Gasteiger partial charge is 0.380 e. The molecule has 0 aromatic rings. The third-order valence-electron chi connectivity index (χ3n) is 9.21. The predicted octanol–water partition coefficient (Wildman–Crippen LogP) is 1.96. The summed E-state index contributed by atoms with van der Waals surface area (Å²) in [5.74, 6) is -6.60. The fraction of sp³-hybridized carbons (Fsp3) is 0.838. The molecule has 0 amide bonds. The molecule has 0 bridgehead atoms. The molecule has 0 saturated carbocycles. The van der Waals surface area contributed by atoms with Crippen molar-refractivity contribution in [2.75, 3.05) is 46.7 Å². The number of carbonyl (C=O) groups excluding carboxylic acids is 6. The van der Waals surface area contributed by atoms with Crippen LogP contribution in [-0.4, -0.2) is 116 Å². The molecule has 10 N–H and O–H groups in total. The molecule has 5 atom stereocenters. The van der Waals surface area contributed by atoms with Crippen molar-refractivity contribution < 1.29 is 89.9 Å². The third kappa shape index (κ3) is 17.5. The van der Waals surface area contributed by atoms with Gasteiger partial charge in [-0.15, -0.1) is 0 Å². The van der Waals surface area contributed by atoms with Gasteiger partial charge in [0, 0.05) is 6.42 Å². The van der Waals surface area contributed by atoms with Gasteiger partial charge in [0.1, 0.15) is 37.9 Å². The maximum absolute atomic E-state index is 14.6. The van der Waals surface area contributed by atoms with E-state index in [0.29, 0.717) is 0 Å². The number of aliphatic hydroxyl groups is 1. The molecule has 362 valence electrons. The van der Waals surface area contributed by atoms with Crippen LogP contribution in [0.3, 0.4) is 0 Å². The molecule has 0 aromatic carbocycles. The van der Waals surface area contributed by atoms with E-state index in [0.717, 1.165) is 0 Å². The Morgan fingerprint density at radius 1 is 0.532 bits per heavy atom. The molecule has 62 heavy (non-hydrogen) atoms. The zero-order valence-electron chi connectivity index (χ0n) is 37.9. The molecular formula is C37H70N4O19P2. The van der Waals surface area contributed by atoms with Crippen LogP contribution in [0.15, 0.2) is 0 Å². The SMILES string of the molecule is CC(C)[C@H](N)C(=O)OCC(C)(C)C(=O)OCOP(=O)(O)C(O)(CCCN)P(=O)(OCOC(=O)C(C)(C)COC(=O)[C@@H](N)C(C)C)OCOC(=O)C(C)(C)COC(=O)[C@@H](N)C(C)C. The standard InChI is InChI=1S/C37H70N4O19P2/c1-22(2)25(39)28(42)52-16-34(7,8)31(45)55-19-58-61(49,50)37(48,14-13-15-38)62(51,59-20-56-32(46)35(9,10)17-53-29(43)26(40)23(3)4)60-21-57-33(47)36(11,12)18-54-30(44)27(41)24(5)6/h22-27,48H,13-21,38-41H2,1-12H3,(H,49,50)/t25-,26-,27-,37?/m0/s1. The molecule has 0 heterocycles. The van der Waals surface area contributed by atoms with Gasteiger partial charge in [-0.1, -0.05) is 41.5 Å². The quantitative estimate of drug-likeness (QED) is 0.0270. The maximum atomic E-state index is 14.6. The van der Waals surface area contributed by atoms with Gasteiger partial charge in [-0.25, -0.2) is 0 Å². The van der Waals surface area contributed by atoms with Crippen LogP contribution in [0.25, 0.3) is 0 Å². The van der Waals surface area contributed by atoms with Gasteiger partial charge in [0.05, 0.1) is 16.2 Å². The van der Waals surface area contributed by atoms with Gasteiger partial charge in [0.2, 0.25) is 20.4 Å². The van der Waals surface area contributed by atoms with Crippen molar-refractivity contribution in [1.82, 2.24) is 0 Å². The molecule has 2 unspecified atom stereocenters. The van der Waals surface area contributed by atoms with Crippen LogP contribution in [0.2, 0.25) is 0 Å². The first-order chi connectivity index (χ1) is 28.2. The molecule has 0 rings (SSSR count). The fourth-order valence-electron chi connectivity index (χ4n) is 4.19. The van der Waals surface area contributed by atoms with Crippen molar-refractivity contribution in [2.45, 2.75) is 119 Å². The summed E-state index contributed by atoms with van der Waals surface area (Å²) in [5.41, 5.74) is 18.3. The average molecular weight is 937 g/mol. The van der Waals surface area contributed by atoms with Crippen LogP contribution in [0.4, 0.5) is 0 Å². The molecule has 0 aliphatic heterocycles. The maximum Gasteiger partial charge on any atom is 0.380 e. The number of ether oxygens (including phenoxy) is 6. The summed E-state index contributed by atoms with van der Waals surface area (Å²) in [7, 11) is -11.5. The van der Waals surface area contributed by atoms with Crippen LogP contribution in [0.5, 0.6) is 0 Å². The molecule has 0 fully saturated rings. The van der Waals surface area contributed by atoms with E-state index in [9.17, 15) is 47.9 Å². The summed E-state index contributed by atoms with van der Waals surface area (Å²) in [6.07, 6.45) is -1.33. The fourth-order valence-corrected chi connectivity index (χ4v) is 8.10. The lowest BCUT2D eigenvalue weighted by Gasteiger charge is -2.36. The number of rotatable bonds is 29. The summed E-state index contributed by atoms with van der Waals surface area (Å²) in [4.78, 5) is 87.0. The molecule has 0 saturated heterocycles. The highest BCUT2D eigenvalue weighted by atomic mass is 31.2. The molecule has 0 aromatic heterocycles. The Balaban J connectivity index is 6.48. The van der Waals surface area contributed by atoms with E-state index in [1.165, 1.54) is 41.5 Å². The molecule has 25 heteroatoms. The van der Waals surface area contributed by atoms with Crippen LogP contribution in [-0.2, 0) is 79.9 Å². The van der Waals surface area contributed by atoms with Gasteiger partial charge in [0.15, 0.2) is 0 Å². The van der Waals surface area contributed by atoms with Gasteiger partial charge in [-0.2, -0.15) is 0 Å². The normalized spacial score (nSPS) is 16.1. The van der Waals surface area contributed by atoms with Crippen LogP contribution in [0.1, 0.15) is 95.9 Å². The summed E-state index contributed by atoms with van der Waals surface area (Å²) in [6, 6.07) is -2.98. The molecule has 0 aliphatic rings. The van der Waals surface area contributed by atoms with E-state index < -0.39 is 137 Å². The predicted molar refractivity (Wildman–Crippen MR) is 219 cm³/mol. The summed E-state index contributed by atoms with van der Waals surface area (Å²) in [5, 5.41) is 8.26. The molecule has 23 nitrogen and oxygen atoms in total. The van der Waals surface area contributed by atoms with E-state index >= 15 is 0 Å². The second-order valence-corrected chi connectivity index (χ2v) is 22.1. The second kappa shape index (κ2) is 24.8. The monoisotopic (exact) mass is 936 g/mol. The Bertz CT molecular complexity index is 1560. The number of hydrogen-bond donors (Lipinski definition) is 6. The first-order valence-corrected chi connectivity index (χ1v) is 22.9. The van der Waals surface area contributed by atoms with Gasteiger partial charge >= 0.3 is 51.0 Å². The lowest BCUT2D eigenvalue weighted by atomic mass is 9.95. The number of esters is 6. The van der Waals surface area contributed by atoms with Crippen molar-refractivity contribution >= 4 is 51.0 Å². The minimum Gasteiger partial charge on any atom is -0.463 e. The van der Waals surface area contributed by atoms with Gasteiger partial charge < -0.3 is 61.4 Å². The summed E-state index contributed by atoms with van der Waals surface area (Å²) >= 11 is 0. The zero-order chi connectivity index (χ0) is 48.7. The summed E-state index contributed by atoms with van der Waals surface area (Å²) < 4.78 is 74.4. The number of carbonyl (C=O) groups is 6. The van der Waals surface area contributed by atoms with Crippen LogP contribution in [0, 0.1) is 34.0 Å². The highest BCUT2D eigenvalue weighted by Crippen LogP contribution is 2.76.